The summed E-state index contributed by atoms with van der Waals surface area (Å²) >= 11 is 0. The standard InChI is InChI=1S/C11H11N2Si/c14-8-5-9(10-3-1-6-12-10)11-4-2-7-13-11/h1-9,12-13H. The van der Waals surface area contributed by atoms with Crippen LogP contribution in [0.2, 0.25) is 0 Å². The molecule has 2 aromatic heterocycles. The Kier molecular flexibility index (Phi) is 2.69. The zero-order valence-corrected chi connectivity index (χ0v) is 8.70. The fraction of sp³-hybridized carbons (Fsp3) is 0.0909. The Balaban J connectivity index is 2.34. The van der Waals surface area contributed by atoms with Crippen molar-refractivity contribution in [3.63, 3.8) is 0 Å². The Morgan fingerprint density at radius 3 is 2.00 bits per heavy atom. The zero-order valence-electron chi connectivity index (χ0n) is 7.70. The van der Waals surface area contributed by atoms with Gasteiger partial charge in [-0.25, -0.2) is 0 Å². The first-order valence-electron chi connectivity index (χ1n) is 4.52. The van der Waals surface area contributed by atoms with Crippen molar-refractivity contribution in [2.24, 2.45) is 0 Å². The molecule has 3 radical (unpaired) electrons. The van der Waals surface area contributed by atoms with Gasteiger partial charge in [0, 0.05) is 23.8 Å². The quantitative estimate of drug-likeness (QED) is 0.710. The minimum Gasteiger partial charge on any atom is -0.364 e. The maximum absolute atomic E-state index is 3.36. The minimum absolute atomic E-state index is 0.262. The van der Waals surface area contributed by atoms with Crippen LogP contribution in [0.25, 0.3) is 0 Å². The summed E-state index contributed by atoms with van der Waals surface area (Å²) in [6, 6.07) is 8.18. The molecule has 0 spiro atoms. The maximum Gasteiger partial charge on any atom is 0.0596 e. The molecule has 0 atom stereocenters. The van der Waals surface area contributed by atoms with E-state index in [0.717, 1.165) is 0 Å². The normalized spacial score (nSPS) is 11.6. The Bertz CT molecular complexity index is 353. The Hall–Kier alpha value is -1.48. The van der Waals surface area contributed by atoms with Gasteiger partial charge in [0.15, 0.2) is 0 Å². The summed E-state index contributed by atoms with van der Waals surface area (Å²) in [4.78, 5) is 6.43. The van der Waals surface area contributed by atoms with E-state index in [-0.39, 0.29) is 5.92 Å². The fourth-order valence-corrected chi connectivity index (χ4v) is 1.74. The molecule has 3 heteroatoms. The molecule has 0 unspecified atom stereocenters. The molecule has 0 saturated carbocycles. The van der Waals surface area contributed by atoms with Crippen LogP contribution in [-0.4, -0.2) is 20.2 Å². The van der Waals surface area contributed by atoms with Gasteiger partial charge >= 0.3 is 0 Å². The molecular weight excluding hydrogens is 188 g/mol. The van der Waals surface area contributed by atoms with Crippen LogP contribution in [0, 0.1) is 0 Å². The zero-order chi connectivity index (χ0) is 9.80. The van der Waals surface area contributed by atoms with Gasteiger partial charge in [-0.3, -0.25) is 0 Å². The second-order valence-corrected chi connectivity index (χ2v) is 3.42. The highest BCUT2D eigenvalue weighted by molar-refractivity contribution is 6.17. The van der Waals surface area contributed by atoms with Crippen molar-refractivity contribution < 1.29 is 0 Å². The Labute approximate surface area is 86.5 Å². The first-order chi connectivity index (χ1) is 6.92. The van der Waals surface area contributed by atoms with Gasteiger partial charge in [0.1, 0.15) is 0 Å². The second-order valence-electron chi connectivity index (χ2n) is 3.09. The molecule has 0 aliphatic heterocycles. The number of hydrogen-bond acceptors (Lipinski definition) is 0. The van der Waals surface area contributed by atoms with Gasteiger partial charge in [0.25, 0.3) is 0 Å². The van der Waals surface area contributed by atoms with Gasteiger partial charge in [0.05, 0.1) is 16.2 Å². The Morgan fingerprint density at radius 2 is 1.64 bits per heavy atom. The average Bonchev–Trinajstić information content (AvgIpc) is 2.87. The summed E-state index contributed by atoms with van der Waals surface area (Å²) in [6.45, 7) is 0. The highest BCUT2D eigenvalue weighted by Crippen LogP contribution is 2.22. The van der Waals surface area contributed by atoms with Crippen LogP contribution in [0.1, 0.15) is 17.3 Å². The maximum atomic E-state index is 3.36. The summed E-state index contributed by atoms with van der Waals surface area (Å²) in [5, 5.41) is 0. The van der Waals surface area contributed by atoms with Crippen LogP contribution < -0.4 is 0 Å². The largest absolute Gasteiger partial charge is 0.364 e. The molecule has 0 fully saturated rings. The lowest BCUT2D eigenvalue weighted by molar-refractivity contribution is 0.933. The van der Waals surface area contributed by atoms with Crippen molar-refractivity contribution in [1.29, 1.82) is 0 Å². The third kappa shape index (κ3) is 1.72. The van der Waals surface area contributed by atoms with Gasteiger partial charge < -0.3 is 9.97 Å². The van der Waals surface area contributed by atoms with Crippen molar-refractivity contribution in [2.75, 3.05) is 0 Å². The van der Waals surface area contributed by atoms with E-state index in [1.165, 1.54) is 11.4 Å². The third-order valence-electron chi connectivity index (χ3n) is 2.20. The first kappa shape index (κ1) is 9.09. The average molecular weight is 199 g/mol. The predicted octanol–water partition coefficient (Wildman–Crippen LogP) is 2.16. The molecule has 0 bridgehead atoms. The van der Waals surface area contributed by atoms with Crippen LogP contribution in [0.3, 0.4) is 0 Å². The van der Waals surface area contributed by atoms with E-state index in [2.05, 4.69) is 38.4 Å². The topological polar surface area (TPSA) is 31.6 Å². The lowest BCUT2D eigenvalue weighted by Crippen LogP contribution is -1.98. The molecule has 2 rings (SSSR count). The second kappa shape index (κ2) is 4.15. The lowest BCUT2D eigenvalue weighted by atomic mass is 10.0. The van der Waals surface area contributed by atoms with Crippen LogP contribution >= 0.6 is 0 Å². The molecular formula is C11H11N2Si. The van der Waals surface area contributed by atoms with E-state index in [1.54, 1.807) is 0 Å². The van der Waals surface area contributed by atoms with Crippen molar-refractivity contribution in [1.82, 2.24) is 9.97 Å². The van der Waals surface area contributed by atoms with E-state index in [0.29, 0.717) is 0 Å². The highest BCUT2D eigenvalue weighted by Gasteiger charge is 2.11. The number of nitrogens with one attached hydrogen (secondary N) is 2. The summed E-state index contributed by atoms with van der Waals surface area (Å²) in [5.74, 6) is 0.262. The molecule has 2 nitrogen and oxygen atoms in total. The summed E-state index contributed by atoms with van der Waals surface area (Å²) in [7, 11) is 3.36. The summed E-state index contributed by atoms with van der Waals surface area (Å²) in [6.07, 6.45) is 5.97. The predicted molar refractivity (Wildman–Crippen MR) is 58.3 cm³/mol. The molecule has 14 heavy (non-hydrogen) atoms. The van der Waals surface area contributed by atoms with Gasteiger partial charge in [0.2, 0.25) is 0 Å². The SMILES string of the molecule is [Si]C=CC(c1ccc[nH]1)c1ccc[nH]1. The molecule has 0 aromatic carbocycles. The highest BCUT2D eigenvalue weighted by atomic mass is 28.1. The Morgan fingerprint density at radius 1 is 1.07 bits per heavy atom. The molecule has 0 amide bonds. The lowest BCUT2D eigenvalue weighted by Gasteiger charge is -2.08. The number of aromatic nitrogens is 2. The van der Waals surface area contributed by atoms with Gasteiger partial charge in [-0.15, -0.1) is 5.70 Å². The van der Waals surface area contributed by atoms with Gasteiger partial charge in [-0.1, -0.05) is 6.08 Å². The van der Waals surface area contributed by atoms with Crippen LogP contribution in [-0.2, 0) is 0 Å². The van der Waals surface area contributed by atoms with Crippen molar-refractivity contribution in [3.05, 3.63) is 59.8 Å². The van der Waals surface area contributed by atoms with E-state index in [9.17, 15) is 0 Å². The number of rotatable bonds is 3. The summed E-state index contributed by atoms with van der Waals surface area (Å²) < 4.78 is 0. The first-order valence-corrected chi connectivity index (χ1v) is 5.10. The van der Waals surface area contributed by atoms with E-state index < -0.39 is 0 Å². The van der Waals surface area contributed by atoms with Crippen LogP contribution in [0.4, 0.5) is 0 Å². The van der Waals surface area contributed by atoms with E-state index in [4.69, 9.17) is 0 Å². The fourth-order valence-electron chi connectivity index (χ4n) is 1.55. The third-order valence-corrected chi connectivity index (χ3v) is 2.40. The van der Waals surface area contributed by atoms with Crippen molar-refractivity contribution in [3.8, 4) is 0 Å². The number of allylic oxidation sites excluding steroid dienone is 1. The van der Waals surface area contributed by atoms with Gasteiger partial charge in [-0.05, 0) is 24.3 Å². The number of H-pyrrole nitrogens is 2. The van der Waals surface area contributed by atoms with E-state index >= 15 is 0 Å². The van der Waals surface area contributed by atoms with E-state index in [1.807, 2.05) is 30.2 Å². The number of aromatic amines is 2. The van der Waals surface area contributed by atoms with Gasteiger partial charge in [-0.2, -0.15) is 0 Å². The van der Waals surface area contributed by atoms with Crippen LogP contribution in [0.15, 0.2) is 48.4 Å². The molecule has 2 aromatic rings. The minimum atomic E-state index is 0.262. The van der Waals surface area contributed by atoms with Crippen molar-refractivity contribution >= 4 is 10.2 Å². The number of hydrogen-bond donors (Lipinski definition) is 2. The van der Waals surface area contributed by atoms with Crippen molar-refractivity contribution in [2.45, 2.75) is 5.92 Å². The summed E-state index contributed by atoms with van der Waals surface area (Å²) in [5.41, 5.74) is 4.25. The van der Waals surface area contributed by atoms with Crippen LogP contribution in [0.5, 0.6) is 0 Å². The molecule has 0 aliphatic carbocycles. The molecule has 69 valence electrons. The molecule has 0 saturated heterocycles. The monoisotopic (exact) mass is 199 g/mol. The molecule has 2 N–H and O–H groups in total. The molecule has 0 aliphatic rings. The smallest absolute Gasteiger partial charge is 0.0596 e. The molecule has 2 heterocycles.